The maximum Gasteiger partial charge on any atom is 0.221 e. The van der Waals surface area contributed by atoms with E-state index in [2.05, 4.69) is 25.9 Å². The van der Waals surface area contributed by atoms with E-state index in [0.717, 1.165) is 5.56 Å². The number of hydrogen-bond donors (Lipinski definition) is 1. The second kappa shape index (κ2) is 8.05. The lowest BCUT2D eigenvalue weighted by Crippen LogP contribution is -2.02. The number of rotatable bonds is 5. The molecular formula is C22H17BrFN3O2. The Morgan fingerprint density at radius 1 is 1.00 bits per heavy atom. The Balaban J connectivity index is 1.81. The van der Waals surface area contributed by atoms with E-state index >= 15 is 0 Å². The van der Waals surface area contributed by atoms with Crippen LogP contribution in [-0.2, 0) is 6.61 Å². The lowest BCUT2D eigenvalue weighted by molar-refractivity contribution is 0.285. The Morgan fingerprint density at radius 3 is 2.52 bits per heavy atom. The topological polar surface area (TPSA) is 70.3 Å². The predicted molar refractivity (Wildman–Crippen MR) is 114 cm³/mol. The van der Waals surface area contributed by atoms with Crippen LogP contribution in [-0.4, -0.2) is 17.1 Å². The zero-order chi connectivity index (χ0) is 20.4. The highest BCUT2D eigenvalue weighted by atomic mass is 79.9. The molecule has 0 fully saturated rings. The second-order valence-corrected chi connectivity index (χ2v) is 7.26. The number of aromatic nitrogens is 2. The van der Waals surface area contributed by atoms with E-state index in [1.807, 2.05) is 30.3 Å². The Labute approximate surface area is 175 Å². The van der Waals surface area contributed by atoms with Crippen molar-refractivity contribution in [2.24, 2.45) is 0 Å². The van der Waals surface area contributed by atoms with E-state index in [-0.39, 0.29) is 5.95 Å². The zero-order valence-corrected chi connectivity index (χ0v) is 17.1. The Hall–Kier alpha value is -3.19. The van der Waals surface area contributed by atoms with E-state index < -0.39 is 5.82 Å². The molecule has 146 valence electrons. The molecule has 5 nitrogen and oxygen atoms in total. The van der Waals surface area contributed by atoms with Gasteiger partial charge in [-0.1, -0.05) is 46.3 Å². The summed E-state index contributed by atoms with van der Waals surface area (Å²) in [4.78, 5) is 8.58. The third kappa shape index (κ3) is 4.00. The second-order valence-electron chi connectivity index (χ2n) is 6.35. The lowest BCUT2D eigenvalue weighted by Gasteiger charge is -2.14. The zero-order valence-electron chi connectivity index (χ0n) is 15.5. The SMILES string of the molecule is COc1cc2c(-c3ccc(Br)cc3F)nc(N)nc2cc1OCc1ccccc1. The summed E-state index contributed by atoms with van der Waals surface area (Å²) >= 11 is 3.27. The van der Waals surface area contributed by atoms with Crippen LogP contribution in [0.4, 0.5) is 10.3 Å². The predicted octanol–water partition coefficient (Wildman–Crippen LogP) is 5.37. The monoisotopic (exact) mass is 453 g/mol. The normalized spacial score (nSPS) is 10.9. The highest BCUT2D eigenvalue weighted by Crippen LogP contribution is 2.37. The maximum absolute atomic E-state index is 14.6. The Bertz CT molecular complexity index is 1190. The van der Waals surface area contributed by atoms with Gasteiger partial charge in [0.05, 0.1) is 18.3 Å². The average Bonchev–Trinajstić information content (AvgIpc) is 2.72. The molecule has 2 N–H and O–H groups in total. The Kier molecular flexibility index (Phi) is 5.31. The van der Waals surface area contributed by atoms with Gasteiger partial charge in [0.2, 0.25) is 5.95 Å². The highest BCUT2D eigenvalue weighted by molar-refractivity contribution is 9.10. The van der Waals surface area contributed by atoms with E-state index in [1.54, 1.807) is 31.4 Å². The average molecular weight is 454 g/mol. The highest BCUT2D eigenvalue weighted by Gasteiger charge is 2.17. The third-order valence-corrected chi connectivity index (χ3v) is 4.92. The molecule has 0 saturated carbocycles. The van der Waals surface area contributed by atoms with Gasteiger partial charge in [0.25, 0.3) is 0 Å². The lowest BCUT2D eigenvalue weighted by atomic mass is 10.1. The minimum absolute atomic E-state index is 0.0500. The van der Waals surface area contributed by atoms with Crippen molar-refractivity contribution in [2.45, 2.75) is 6.61 Å². The quantitative estimate of drug-likeness (QED) is 0.439. The van der Waals surface area contributed by atoms with Gasteiger partial charge in [-0.05, 0) is 29.8 Å². The largest absolute Gasteiger partial charge is 0.493 e. The molecule has 4 rings (SSSR count). The number of hydrogen-bond acceptors (Lipinski definition) is 5. The summed E-state index contributed by atoms with van der Waals surface area (Å²) < 4.78 is 26.7. The fourth-order valence-electron chi connectivity index (χ4n) is 3.05. The van der Waals surface area contributed by atoms with Crippen LogP contribution in [0.1, 0.15) is 5.56 Å². The first kappa shape index (κ1) is 19.1. The van der Waals surface area contributed by atoms with Crippen molar-refractivity contribution in [3.05, 3.63) is 76.5 Å². The van der Waals surface area contributed by atoms with Crippen molar-refractivity contribution in [3.8, 4) is 22.8 Å². The molecule has 0 saturated heterocycles. The first-order valence-electron chi connectivity index (χ1n) is 8.82. The molecule has 0 aliphatic heterocycles. The first-order valence-corrected chi connectivity index (χ1v) is 9.62. The van der Waals surface area contributed by atoms with Gasteiger partial charge in [-0.15, -0.1) is 0 Å². The van der Waals surface area contributed by atoms with E-state index in [1.165, 1.54) is 6.07 Å². The van der Waals surface area contributed by atoms with Crippen molar-refractivity contribution >= 4 is 32.8 Å². The molecule has 0 amide bonds. The molecule has 3 aromatic carbocycles. The van der Waals surface area contributed by atoms with Crippen LogP contribution in [0.3, 0.4) is 0 Å². The third-order valence-electron chi connectivity index (χ3n) is 4.42. The molecule has 0 radical (unpaired) electrons. The molecule has 0 aliphatic carbocycles. The van der Waals surface area contributed by atoms with E-state index in [9.17, 15) is 4.39 Å². The van der Waals surface area contributed by atoms with Crippen LogP contribution in [0, 0.1) is 5.82 Å². The van der Waals surface area contributed by atoms with Crippen molar-refractivity contribution < 1.29 is 13.9 Å². The van der Waals surface area contributed by atoms with Crippen LogP contribution in [0.25, 0.3) is 22.2 Å². The van der Waals surface area contributed by atoms with Crippen LogP contribution in [0.5, 0.6) is 11.5 Å². The molecule has 0 unspecified atom stereocenters. The van der Waals surface area contributed by atoms with Crippen molar-refractivity contribution in [3.63, 3.8) is 0 Å². The molecule has 0 bridgehead atoms. The summed E-state index contributed by atoms with van der Waals surface area (Å²) in [5.41, 5.74) is 8.18. The van der Waals surface area contributed by atoms with Crippen LogP contribution in [0.2, 0.25) is 0 Å². The van der Waals surface area contributed by atoms with E-state index in [0.29, 0.717) is 44.7 Å². The van der Waals surface area contributed by atoms with Crippen LogP contribution >= 0.6 is 15.9 Å². The van der Waals surface area contributed by atoms with Gasteiger partial charge in [-0.25, -0.2) is 14.4 Å². The van der Waals surface area contributed by atoms with Gasteiger partial charge in [0, 0.05) is 21.5 Å². The standard InChI is InChI=1S/C22H17BrFN3O2/c1-28-19-10-16-18(11-20(19)29-12-13-5-3-2-4-6-13)26-22(25)27-21(16)15-8-7-14(23)9-17(15)24/h2-11H,12H2,1H3,(H2,25,26,27). The summed E-state index contributed by atoms with van der Waals surface area (Å²) in [6.07, 6.45) is 0. The molecule has 0 spiro atoms. The molecule has 1 aromatic heterocycles. The molecule has 29 heavy (non-hydrogen) atoms. The summed E-state index contributed by atoms with van der Waals surface area (Å²) in [6, 6.07) is 18.0. The molecule has 0 atom stereocenters. The van der Waals surface area contributed by atoms with Gasteiger partial charge in [0.15, 0.2) is 11.5 Å². The minimum atomic E-state index is -0.415. The number of nitrogen functional groups attached to an aromatic ring is 1. The molecular weight excluding hydrogens is 437 g/mol. The number of halogens is 2. The summed E-state index contributed by atoms with van der Waals surface area (Å²) in [5.74, 6) is 0.654. The molecule has 4 aromatic rings. The van der Waals surface area contributed by atoms with Crippen LogP contribution < -0.4 is 15.2 Å². The number of methoxy groups -OCH3 is 1. The van der Waals surface area contributed by atoms with Crippen LogP contribution in [0.15, 0.2) is 65.1 Å². The smallest absolute Gasteiger partial charge is 0.221 e. The molecule has 7 heteroatoms. The summed E-state index contributed by atoms with van der Waals surface area (Å²) in [5, 5.41) is 0.615. The number of benzene rings is 3. The molecule has 1 heterocycles. The van der Waals surface area contributed by atoms with Gasteiger partial charge >= 0.3 is 0 Å². The van der Waals surface area contributed by atoms with Crippen molar-refractivity contribution in [1.82, 2.24) is 9.97 Å². The van der Waals surface area contributed by atoms with Gasteiger partial charge in [-0.2, -0.15) is 0 Å². The summed E-state index contributed by atoms with van der Waals surface area (Å²) in [6.45, 7) is 0.372. The van der Waals surface area contributed by atoms with Gasteiger partial charge < -0.3 is 15.2 Å². The number of nitrogens with zero attached hydrogens (tertiary/aromatic N) is 2. The molecule has 0 aliphatic rings. The number of ether oxygens (including phenoxy) is 2. The van der Waals surface area contributed by atoms with Crippen molar-refractivity contribution in [2.75, 3.05) is 12.8 Å². The van der Waals surface area contributed by atoms with E-state index in [4.69, 9.17) is 15.2 Å². The fourth-order valence-corrected chi connectivity index (χ4v) is 3.38. The van der Waals surface area contributed by atoms with Gasteiger partial charge in [0.1, 0.15) is 12.4 Å². The number of nitrogens with two attached hydrogens (primary N) is 1. The van der Waals surface area contributed by atoms with Crippen molar-refractivity contribution in [1.29, 1.82) is 0 Å². The van der Waals surface area contributed by atoms with Gasteiger partial charge in [-0.3, -0.25) is 0 Å². The summed E-state index contributed by atoms with van der Waals surface area (Å²) in [7, 11) is 1.55. The maximum atomic E-state index is 14.6. The number of fused-ring (bicyclic) bond motifs is 1. The first-order chi connectivity index (χ1) is 14.0. The minimum Gasteiger partial charge on any atom is -0.493 e. The number of anilines is 1. The Morgan fingerprint density at radius 2 is 1.79 bits per heavy atom. The fraction of sp³-hybridized carbons (Fsp3) is 0.0909.